The van der Waals surface area contributed by atoms with Crippen LogP contribution >= 0.6 is 11.8 Å². The molecule has 1 amide bonds. The van der Waals surface area contributed by atoms with Gasteiger partial charge in [-0.25, -0.2) is 0 Å². The summed E-state index contributed by atoms with van der Waals surface area (Å²) in [4.78, 5) is 25.5. The van der Waals surface area contributed by atoms with E-state index >= 15 is 0 Å². The van der Waals surface area contributed by atoms with E-state index in [-0.39, 0.29) is 17.9 Å². The van der Waals surface area contributed by atoms with Gasteiger partial charge < -0.3 is 10.1 Å². The van der Waals surface area contributed by atoms with Crippen molar-refractivity contribution in [2.45, 2.75) is 75.1 Å². The Kier molecular flexibility index (Phi) is 10.8. The Morgan fingerprint density at radius 3 is 2.52 bits per heavy atom. The molecule has 0 bridgehead atoms. The van der Waals surface area contributed by atoms with Crippen molar-refractivity contribution in [3.63, 3.8) is 0 Å². The zero-order chi connectivity index (χ0) is 23.3. The number of carbonyl (C=O) groups is 2. The normalized spacial score (nSPS) is 15.1. The molecule has 2 aromatic rings. The summed E-state index contributed by atoms with van der Waals surface area (Å²) in [5.74, 6) is 1.39. The van der Waals surface area contributed by atoms with Crippen molar-refractivity contribution >= 4 is 23.6 Å². The molecule has 0 aromatic heterocycles. The molecule has 4 nitrogen and oxygen atoms in total. The number of nitrogens with one attached hydrogen (secondary N) is 1. The van der Waals surface area contributed by atoms with Crippen molar-refractivity contribution in [2.75, 3.05) is 12.9 Å². The molecular formula is C28H37NO3S. The molecule has 5 heteroatoms. The number of carbonyl (C=O) groups excluding carboxylic acids is 2. The van der Waals surface area contributed by atoms with Gasteiger partial charge in [-0.05, 0) is 48.4 Å². The highest BCUT2D eigenvalue weighted by Gasteiger charge is 2.17. The highest BCUT2D eigenvalue weighted by Crippen LogP contribution is 2.28. The number of benzene rings is 2. The first-order chi connectivity index (χ1) is 16.1. The van der Waals surface area contributed by atoms with Crippen LogP contribution in [0.3, 0.4) is 0 Å². The monoisotopic (exact) mass is 467 g/mol. The third-order valence-corrected chi connectivity index (χ3v) is 7.58. The Labute approximate surface area is 202 Å². The standard InChI is InChI=1S/C28H37NO3S/c1-32-28(31)19-18-25(29-27(30)17-8-12-22-10-4-2-5-11-22)21-33-26-16-9-15-24(20-26)23-13-6-3-7-14-23/h3,6-7,9,13-16,20,22,25H,2,4-5,8,10-12,17-19,21H2,1H3,(H,29,30)/t25-/m0/s1. The van der Waals surface area contributed by atoms with Crippen molar-refractivity contribution < 1.29 is 14.3 Å². The highest BCUT2D eigenvalue weighted by atomic mass is 32.2. The van der Waals surface area contributed by atoms with Crippen LogP contribution in [0.4, 0.5) is 0 Å². The maximum Gasteiger partial charge on any atom is 0.305 e. The van der Waals surface area contributed by atoms with Gasteiger partial charge in [0.1, 0.15) is 0 Å². The largest absolute Gasteiger partial charge is 0.469 e. The molecule has 0 saturated heterocycles. The van der Waals surface area contributed by atoms with E-state index in [1.54, 1.807) is 11.8 Å². The van der Waals surface area contributed by atoms with Crippen LogP contribution in [-0.2, 0) is 14.3 Å². The van der Waals surface area contributed by atoms with E-state index in [4.69, 9.17) is 4.74 Å². The average Bonchev–Trinajstić information content (AvgIpc) is 2.86. The summed E-state index contributed by atoms with van der Waals surface area (Å²) in [7, 11) is 1.41. The average molecular weight is 468 g/mol. The minimum Gasteiger partial charge on any atom is -0.469 e. The van der Waals surface area contributed by atoms with Crippen molar-refractivity contribution in [1.29, 1.82) is 0 Å². The number of amides is 1. The van der Waals surface area contributed by atoms with Crippen molar-refractivity contribution in [3.8, 4) is 11.1 Å². The van der Waals surface area contributed by atoms with Crippen LogP contribution < -0.4 is 5.32 Å². The number of thioether (sulfide) groups is 1. The number of esters is 1. The Morgan fingerprint density at radius 2 is 1.76 bits per heavy atom. The van der Waals surface area contributed by atoms with Gasteiger partial charge in [-0.15, -0.1) is 11.8 Å². The molecule has 0 aliphatic heterocycles. The van der Waals surface area contributed by atoms with Gasteiger partial charge in [0.2, 0.25) is 5.91 Å². The Bertz CT molecular complexity index is 864. The van der Waals surface area contributed by atoms with Crippen LogP contribution in [0.1, 0.15) is 64.2 Å². The molecule has 0 spiro atoms. The van der Waals surface area contributed by atoms with E-state index in [1.165, 1.54) is 50.3 Å². The van der Waals surface area contributed by atoms with Crippen molar-refractivity contribution in [2.24, 2.45) is 5.92 Å². The van der Waals surface area contributed by atoms with Crippen molar-refractivity contribution in [3.05, 3.63) is 54.6 Å². The lowest BCUT2D eigenvalue weighted by atomic mass is 9.86. The second kappa shape index (κ2) is 14.1. The summed E-state index contributed by atoms with van der Waals surface area (Å²) < 4.78 is 4.81. The Balaban J connectivity index is 1.51. The van der Waals surface area contributed by atoms with Crippen molar-refractivity contribution in [1.82, 2.24) is 5.32 Å². The predicted octanol–water partition coefficient (Wildman–Crippen LogP) is 6.63. The molecule has 2 aromatic carbocycles. The molecule has 1 atom stereocenters. The Hall–Kier alpha value is -2.27. The third-order valence-electron chi connectivity index (χ3n) is 6.42. The van der Waals surface area contributed by atoms with E-state index in [1.807, 2.05) is 18.2 Å². The molecule has 178 valence electrons. The van der Waals surface area contributed by atoms with Gasteiger partial charge in [-0.3, -0.25) is 9.59 Å². The summed E-state index contributed by atoms with van der Waals surface area (Å²) in [6, 6.07) is 18.7. The lowest BCUT2D eigenvalue weighted by Crippen LogP contribution is -2.37. The highest BCUT2D eigenvalue weighted by molar-refractivity contribution is 7.99. The minimum atomic E-state index is -0.234. The number of methoxy groups -OCH3 is 1. The summed E-state index contributed by atoms with van der Waals surface area (Å²) >= 11 is 1.72. The van der Waals surface area contributed by atoms with Gasteiger partial charge in [0.25, 0.3) is 0 Å². The van der Waals surface area contributed by atoms with Crippen LogP contribution in [0.5, 0.6) is 0 Å². The van der Waals surface area contributed by atoms with E-state index in [0.717, 1.165) is 29.4 Å². The minimum absolute atomic E-state index is 0.0586. The molecule has 1 aliphatic carbocycles. The summed E-state index contributed by atoms with van der Waals surface area (Å²) in [5, 5.41) is 3.18. The fraction of sp³-hybridized carbons (Fsp3) is 0.500. The van der Waals surface area contributed by atoms with Gasteiger partial charge in [0.15, 0.2) is 0 Å². The van der Waals surface area contributed by atoms with Crippen LogP contribution in [-0.4, -0.2) is 30.8 Å². The second-order valence-corrected chi connectivity index (χ2v) is 10.1. The first-order valence-electron chi connectivity index (χ1n) is 12.3. The molecular weight excluding hydrogens is 430 g/mol. The number of hydrogen-bond donors (Lipinski definition) is 1. The Morgan fingerprint density at radius 1 is 1.00 bits per heavy atom. The molecule has 0 unspecified atom stereocenters. The van der Waals surface area contributed by atoms with E-state index in [2.05, 4.69) is 41.7 Å². The van der Waals surface area contributed by atoms with Crippen LogP contribution in [0.25, 0.3) is 11.1 Å². The van der Waals surface area contributed by atoms with Gasteiger partial charge in [0, 0.05) is 29.5 Å². The first-order valence-corrected chi connectivity index (χ1v) is 13.3. The quantitative estimate of drug-likeness (QED) is 0.281. The lowest BCUT2D eigenvalue weighted by molar-refractivity contribution is -0.141. The number of ether oxygens (including phenoxy) is 1. The molecule has 0 radical (unpaired) electrons. The molecule has 3 rings (SSSR count). The third kappa shape index (κ3) is 9.24. The lowest BCUT2D eigenvalue weighted by Gasteiger charge is -2.22. The zero-order valence-corrected chi connectivity index (χ0v) is 20.6. The van der Waals surface area contributed by atoms with Gasteiger partial charge in [-0.2, -0.15) is 0 Å². The van der Waals surface area contributed by atoms with Gasteiger partial charge in [-0.1, -0.05) is 74.6 Å². The van der Waals surface area contributed by atoms with E-state index in [0.29, 0.717) is 19.3 Å². The fourth-order valence-electron chi connectivity index (χ4n) is 4.51. The van der Waals surface area contributed by atoms with Crippen LogP contribution in [0.15, 0.2) is 59.5 Å². The van der Waals surface area contributed by atoms with Crippen LogP contribution in [0, 0.1) is 5.92 Å². The molecule has 1 fully saturated rings. The number of hydrogen-bond acceptors (Lipinski definition) is 4. The number of rotatable bonds is 12. The van der Waals surface area contributed by atoms with Crippen LogP contribution in [0.2, 0.25) is 0 Å². The van der Waals surface area contributed by atoms with E-state index < -0.39 is 0 Å². The van der Waals surface area contributed by atoms with E-state index in [9.17, 15) is 9.59 Å². The molecule has 33 heavy (non-hydrogen) atoms. The first kappa shape index (κ1) is 25.4. The van der Waals surface area contributed by atoms with Gasteiger partial charge >= 0.3 is 5.97 Å². The topological polar surface area (TPSA) is 55.4 Å². The summed E-state index contributed by atoms with van der Waals surface area (Å²) in [6.07, 6.45) is 10.3. The zero-order valence-electron chi connectivity index (χ0n) is 19.8. The van der Waals surface area contributed by atoms with Gasteiger partial charge in [0.05, 0.1) is 7.11 Å². The maximum absolute atomic E-state index is 12.6. The smallest absolute Gasteiger partial charge is 0.305 e. The summed E-state index contributed by atoms with van der Waals surface area (Å²) in [6.45, 7) is 0. The maximum atomic E-state index is 12.6. The summed E-state index contributed by atoms with van der Waals surface area (Å²) in [5.41, 5.74) is 2.37. The molecule has 0 heterocycles. The molecule has 1 saturated carbocycles. The second-order valence-electron chi connectivity index (χ2n) is 8.98. The SMILES string of the molecule is COC(=O)CC[C@@H](CSc1cccc(-c2ccccc2)c1)NC(=O)CCCC1CCCCC1. The predicted molar refractivity (Wildman–Crippen MR) is 136 cm³/mol. The molecule has 1 aliphatic rings. The molecule has 1 N–H and O–H groups in total. The fourth-order valence-corrected chi connectivity index (χ4v) is 5.54.